The van der Waals surface area contributed by atoms with E-state index in [4.69, 9.17) is 4.74 Å². The monoisotopic (exact) mass is 521 g/mol. The molecule has 28 heavy (non-hydrogen) atoms. The Balaban J connectivity index is 0.00000280. The summed E-state index contributed by atoms with van der Waals surface area (Å²) in [6, 6.07) is 0. The third-order valence-electron chi connectivity index (χ3n) is 5.77. The third kappa shape index (κ3) is 7.11. The number of nitrogens with one attached hydrogen (secondary N) is 2. The number of ether oxygens (including phenoxy) is 1. The zero-order valence-corrected chi connectivity index (χ0v) is 20.5. The molecule has 160 valence electrons. The molecule has 2 aliphatic rings. The number of aryl methyl sites for hydroxylation is 1. The Morgan fingerprint density at radius 3 is 2.64 bits per heavy atom. The lowest BCUT2D eigenvalue weighted by molar-refractivity contribution is 0.00820. The minimum absolute atomic E-state index is 0. The second-order valence-electron chi connectivity index (χ2n) is 7.81. The number of nitrogens with zero attached hydrogens (tertiary/aromatic N) is 3. The van der Waals surface area contributed by atoms with Gasteiger partial charge in [0.1, 0.15) is 0 Å². The zero-order chi connectivity index (χ0) is 19.0. The van der Waals surface area contributed by atoms with Gasteiger partial charge < -0.3 is 15.4 Å². The van der Waals surface area contributed by atoms with E-state index in [0.29, 0.717) is 5.41 Å². The van der Waals surface area contributed by atoms with Crippen molar-refractivity contribution in [2.75, 3.05) is 46.4 Å². The summed E-state index contributed by atoms with van der Waals surface area (Å²) in [6.07, 6.45) is 7.68. The Morgan fingerprint density at radius 1 is 1.25 bits per heavy atom. The molecular weight excluding hydrogens is 485 g/mol. The van der Waals surface area contributed by atoms with Crippen molar-refractivity contribution in [2.45, 2.75) is 52.0 Å². The summed E-state index contributed by atoms with van der Waals surface area (Å²) in [5.74, 6) is 0.882. The van der Waals surface area contributed by atoms with Gasteiger partial charge in [-0.25, -0.2) is 4.98 Å². The Morgan fingerprint density at radius 2 is 2.00 bits per heavy atom. The summed E-state index contributed by atoms with van der Waals surface area (Å²) in [7, 11) is 1.85. The minimum Gasteiger partial charge on any atom is -0.379 e. The number of aromatic nitrogens is 1. The molecule has 1 aromatic heterocycles. The second kappa shape index (κ2) is 12.3. The van der Waals surface area contributed by atoms with E-state index >= 15 is 0 Å². The fourth-order valence-corrected chi connectivity index (χ4v) is 4.93. The van der Waals surface area contributed by atoms with Crippen LogP contribution in [0.4, 0.5) is 0 Å². The molecule has 1 aromatic rings. The summed E-state index contributed by atoms with van der Waals surface area (Å²) >= 11 is 1.74. The maximum atomic E-state index is 5.53. The van der Waals surface area contributed by atoms with Gasteiger partial charge in [-0.05, 0) is 19.3 Å². The number of hydrogen-bond donors (Lipinski definition) is 2. The van der Waals surface area contributed by atoms with E-state index in [-0.39, 0.29) is 24.0 Å². The highest BCUT2D eigenvalue weighted by Crippen LogP contribution is 2.36. The number of morpholine rings is 1. The smallest absolute Gasteiger partial charge is 0.191 e. The molecule has 0 aromatic carbocycles. The van der Waals surface area contributed by atoms with Gasteiger partial charge in [-0.2, -0.15) is 0 Å². The predicted octanol–water partition coefficient (Wildman–Crippen LogP) is 3.27. The normalized spacial score (nSPS) is 20.4. The van der Waals surface area contributed by atoms with E-state index in [1.54, 1.807) is 11.3 Å². The van der Waals surface area contributed by atoms with Crippen LogP contribution in [0.3, 0.4) is 0 Å². The van der Waals surface area contributed by atoms with E-state index in [1.807, 2.05) is 7.05 Å². The fraction of sp³-hybridized carbons (Fsp3) is 0.800. The van der Waals surface area contributed by atoms with Crippen molar-refractivity contribution in [3.63, 3.8) is 0 Å². The van der Waals surface area contributed by atoms with E-state index in [1.165, 1.54) is 43.7 Å². The molecule has 0 unspecified atom stereocenters. The van der Waals surface area contributed by atoms with Gasteiger partial charge in [-0.3, -0.25) is 9.89 Å². The predicted molar refractivity (Wildman–Crippen MR) is 128 cm³/mol. The molecule has 1 aliphatic heterocycles. The van der Waals surface area contributed by atoms with E-state index in [2.05, 4.69) is 37.8 Å². The molecule has 0 atom stereocenters. The Hall–Kier alpha value is -0.450. The highest BCUT2D eigenvalue weighted by molar-refractivity contribution is 14.0. The van der Waals surface area contributed by atoms with Crippen LogP contribution in [0.25, 0.3) is 0 Å². The van der Waals surface area contributed by atoms with Crippen LogP contribution < -0.4 is 10.6 Å². The number of thiazole rings is 1. The van der Waals surface area contributed by atoms with Crippen molar-refractivity contribution in [3.8, 4) is 0 Å². The summed E-state index contributed by atoms with van der Waals surface area (Å²) < 4.78 is 5.53. The number of aliphatic imine (C=N–C) groups is 1. The molecular formula is C20H36IN5OS. The lowest BCUT2D eigenvalue weighted by Crippen LogP contribution is -2.51. The molecule has 0 radical (unpaired) electrons. The Kier molecular flexibility index (Phi) is 10.5. The summed E-state index contributed by atoms with van der Waals surface area (Å²) in [4.78, 5) is 11.7. The van der Waals surface area contributed by atoms with Gasteiger partial charge in [-0.15, -0.1) is 35.3 Å². The van der Waals surface area contributed by atoms with Crippen LogP contribution in [0.5, 0.6) is 0 Å². The average Bonchev–Trinajstić information content (AvgIpc) is 3.18. The van der Waals surface area contributed by atoms with Crippen LogP contribution in [0.15, 0.2) is 10.4 Å². The van der Waals surface area contributed by atoms with Crippen molar-refractivity contribution < 1.29 is 4.74 Å². The number of guanidine groups is 1. The summed E-state index contributed by atoms with van der Waals surface area (Å²) in [5, 5.41) is 10.4. The first-order valence-electron chi connectivity index (χ1n) is 10.4. The molecule has 1 aliphatic carbocycles. The first-order chi connectivity index (χ1) is 13.2. The number of rotatable bonds is 7. The van der Waals surface area contributed by atoms with Crippen molar-refractivity contribution in [2.24, 2.45) is 10.4 Å². The van der Waals surface area contributed by atoms with Gasteiger partial charge in [0.25, 0.3) is 0 Å². The quantitative estimate of drug-likeness (QED) is 0.328. The van der Waals surface area contributed by atoms with E-state index < -0.39 is 0 Å². The fourth-order valence-electron chi connectivity index (χ4n) is 4.18. The summed E-state index contributed by atoms with van der Waals surface area (Å²) in [6.45, 7) is 8.92. The zero-order valence-electron chi connectivity index (χ0n) is 17.3. The molecule has 2 heterocycles. The number of hydrogen-bond acceptors (Lipinski definition) is 5. The number of halogens is 1. The topological polar surface area (TPSA) is 61.8 Å². The van der Waals surface area contributed by atoms with Crippen molar-refractivity contribution in [1.29, 1.82) is 0 Å². The van der Waals surface area contributed by atoms with Crippen LogP contribution >= 0.6 is 35.3 Å². The highest BCUT2D eigenvalue weighted by atomic mass is 127. The lowest BCUT2D eigenvalue weighted by Gasteiger charge is -2.42. The first-order valence-corrected chi connectivity index (χ1v) is 11.3. The van der Waals surface area contributed by atoms with Crippen molar-refractivity contribution >= 4 is 41.3 Å². The molecule has 0 amide bonds. The van der Waals surface area contributed by atoms with Crippen LogP contribution in [-0.4, -0.2) is 62.3 Å². The standard InChI is InChI=1S/C20H35N5OS.HI/c1-3-18-24-17(14-27-18)13-22-19(21-2)23-15-20(7-5-4-6-8-20)16-25-9-11-26-12-10-25;/h14H,3-13,15-16H2,1-2H3,(H2,21,22,23);1H. The van der Waals surface area contributed by atoms with Gasteiger partial charge in [-0.1, -0.05) is 26.2 Å². The molecule has 0 spiro atoms. The average molecular weight is 522 g/mol. The minimum atomic E-state index is 0. The SMILES string of the molecule is CCc1nc(CNC(=NC)NCC2(CN3CCOCC3)CCCCC2)cs1.I. The maximum Gasteiger partial charge on any atom is 0.191 e. The lowest BCUT2D eigenvalue weighted by atomic mass is 9.73. The largest absolute Gasteiger partial charge is 0.379 e. The molecule has 3 rings (SSSR count). The first kappa shape index (κ1) is 23.8. The van der Waals surface area contributed by atoms with E-state index in [9.17, 15) is 0 Å². The molecule has 2 fully saturated rings. The Bertz CT molecular complexity index is 597. The van der Waals surface area contributed by atoms with Gasteiger partial charge in [0.2, 0.25) is 0 Å². The maximum absolute atomic E-state index is 5.53. The van der Waals surface area contributed by atoms with Crippen molar-refractivity contribution in [1.82, 2.24) is 20.5 Å². The Labute approximate surface area is 190 Å². The summed E-state index contributed by atoms with van der Waals surface area (Å²) in [5.41, 5.74) is 1.45. The second-order valence-corrected chi connectivity index (χ2v) is 8.76. The van der Waals surface area contributed by atoms with E-state index in [0.717, 1.165) is 57.5 Å². The van der Waals surface area contributed by atoms with Crippen LogP contribution in [0, 0.1) is 5.41 Å². The van der Waals surface area contributed by atoms with Crippen molar-refractivity contribution in [3.05, 3.63) is 16.1 Å². The molecule has 8 heteroatoms. The molecule has 1 saturated carbocycles. The van der Waals surface area contributed by atoms with Gasteiger partial charge in [0, 0.05) is 44.0 Å². The van der Waals surface area contributed by atoms with Crippen LogP contribution in [0.2, 0.25) is 0 Å². The molecule has 2 N–H and O–H groups in total. The van der Waals surface area contributed by atoms with Gasteiger partial charge >= 0.3 is 0 Å². The third-order valence-corrected chi connectivity index (χ3v) is 6.81. The molecule has 1 saturated heterocycles. The molecule has 0 bridgehead atoms. The molecule has 6 nitrogen and oxygen atoms in total. The van der Waals surface area contributed by atoms with Gasteiger partial charge in [0.05, 0.1) is 30.5 Å². The van der Waals surface area contributed by atoms with Crippen LogP contribution in [-0.2, 0) is 17.7 Å². The van der Waals surface area contributed by atoms with Crippen LogP contribution in [0.1, 0.15) is 49.7 Å². The van der Waals surface area contributed by atoms with Gasteiger partial charge in [0.15, 0.2) is 5.96 Å². The highest BCUT2D eigenvalue weighted by Gasteiger charge is 2.34.